The molecule has 1 saturated carbocycles. The fraction of sp³-hybridized carbons (Fsp3) is 0.519. The summed E-state index contributed by atoms with van der Waals surface area (Å²) in [5, 5.41) is 7.18. The van der Waals surface area contributed by atoms with E-state index in [0.717, 1.165) is 24.7 Å². The average molecular weight is 445 g/mol. The van der Waals surface area contributed by atoms with Gasteiger partial charge in [-0.05, 0) is 54.0 Å². The van der Waals surface area contributed by atoms with E-state index in [0.29, 0.717) is 0 Å². The number of carbonyl (C=O) groups is 1. The number of benzene rings is 2. The maximum Gasteiger partial charge on any atom is 0.401 e. The van der Waals surface area contributed by atoms with Crippen LogP contribution >= 0.6 is 11.6 Å². The van der Waals surface area contributed by atoms with E-state index in [9.17, 15) is 0 Å². The molecule has 4 heteroatoms. The van der Waals surface area contributed by atoms with Crippen LogP contribution in [0.25, 0.3) is 11.1 Å². The number of halogens is 1. The second-order valence-electron chi connectivity index (χ2n) is 8.35. The molecule has 0 saturated heterocycles. The monoisotopic (exact) mass is 444 g/mol. The summed E-state index contributed by atoms with van der Waals surface area (Å²) < 4.78 is 5.90. The number of carboxylic acid groups (broad SMARTS) is 1. The van der Waals surface area contributed by atoms with Crippen LogP contribution in [0.2, 0.25) is 0 Å². The summed E-state index contributed by atoms with van der Waals surface area (Å²) in [4.78, 5) is 8.77. The average Bonchev–Trinajstić information content (AvgIpc) is 2.79. The van der Waals surface area contributed by atoms with Crippen LogP contribution in [-0.4, -0.2) is 17.1 Å². The zero-order valence-electron chi connectivity index (χ0n) is 18.8. The second kappa shape index (κ2) is 14.9. The quantitative estimate of drug-likeness (QED) is 0.293. The summed E-state index contributed by atoms with van der Waals surface area (Å²) in [6, 6.07) is 17.9. The highest BCUT2D eigenvalue weighted by Crippen LogP contribution is 2.33. The molecule has 2 aromatic rings. The SMILES string of the molecule is CCCCCCCCOc1ccc(-c2ccc(C3CCCCC3)cc2)cc1.O=C(O)Cl. The lowest BCUT2D eigenvalue weighted by molar-refractivity contribution is 0.220. The van der Waals surface area contributed by atoms with E-state index in [-0.39, 0.29) is 0 Å². The molecule has 1 aliphatic rings. The highest BCUT2D eigenvalue weighted by molar-refractivity contribution is 6.60. The van der Waals surface area contributed by atoms with Crippen LogP contribution in [0, 0.1) is 0 Å². The highest BCUT2D eigenvalue weighted by Gasteiger charge is 2.15. The Morgan fingerprint density at radius 2 is 1.39 bits per heavy atom. The van der Waals surface area contributed by atoms with Crippen molar-refractivity contribution in [3.05, 3.63) is 54.1 Å². The molecule has 1 N–H and O–H groups in total. The van der Waals surface area contributed by atoms with Crippen molar-refractivity contribution in [1.29, 1.82) is 0 Å². The van der Waals surface area contributed by atoms with Crippen molar-refractivity contribution < 1.29 is 14.6 Å². The summed E-state index contributed by atoms with van der Waals surface area (Å²) in [5.41, 5.74) is 2.74. The number of unbranched alkanes of at least 4 members (excludes halogenated alkanes) is 5. The van der Waals surface area contributed by atoms with Gasteiger partial charge in [0.15, 0.2) is 0 Å². The van der Waals surface area contributed by atoms with E-state index >= 15 is 0 Å². The van der Waals surface area contributed by atoms with Gasteiger partial charge in [0, 0.05) is 11.6 Å². The van der Waals surface area contributed by atoms with Crippen molar-refractivity contribution in [1.82, 2.24) is 0 Å². The van der Waals surface area contributed by atoms with Crippen LogP contribution in [-0.2, 0) is 0 Å². The third-order valence-electron chi connectivity index (χ3n) is 5.94. The Balaban J connectivity index is 0.000000785. The number of rotatable bonds is 10. The molecule has 0 aliphatic heterocycles. The first kappa shape index (κ1) is 25.3. The first-order valence-corrected chi connectivity index (χ1v) is 12.2. The Morgan fingerprint density at radius 3 is 1.97 bits per heavy atom. The fourth-order valence-corrected chi connectivity index (χ4v) is 4.20. The van der Waals surface area contributed by atoms with Gasteiger partial charge in [-0.1, -0.05) is 94.7 Å². The molecule has 0 atom stereocenters. The molecular weight excluding hydrogens is 408 g/mol. The lowest BCUT2D eigenvalue weighted by atomic mass is 9.84. The predicted molar refractivity (Wildman–Crippen MR) is 130 cm³/mol. The van der Waals surface area contributed by atoms with Gasteiger partial charge >= 0.3 is 5.43 Å². The molecule has 0 radical (unpaired) electrons. The normalized spacial score (nSPS) is 13.9. The van der Waals surface area contributed by atoms with E-state index in [1.165, 1.54) is 80.9 Å². The first-order chi connectivity index (χ1) is 15.1. The van der Waals surface area contributed by atoms with Gasteiger partial charge in [-0.25, -0.2) is 4.79 Å². The summed E-state index contributed by atoms with van der Waals surface area (Å²) in [6.07, 6.45) is 14.8. The summed E-state index contributed by atoms with van der Waals surface area (Å²) in [7, 11) is 0. The first-order valence-electron chi connectivity index (χ1n) is 11.8. The Morgan fingerprint density at radius 1 is 0.871 bits per heavy atom. The van der Waals surface area contributed by atoms with Gasteiger partial charge < -0.3 is 9.84 Å². The van der Waals surface area contributed by atoms with Crippen molar-refractivity contribution in [3.63, 3.8) is 0 Å². The van der Waals surface area contributed by atoms with Crippen LogP contribution in [0.3, 0.4) is 0 Å². The Bertz CT molecular complexity index is 730. The van der Waals surface area contributed by atoms with Crippen LogP contribution < -0.4 is 4.74 Å². The van der Waals surface area contributed by atoms with Crippen molar-refractivity contribution in [2.45, 2.75) is 83.5 Å². The van der Waals surface area contributed by atoms with Crippen molar-refractivity contribution >= 4 is 17.0 Å². The Labute approximate surface area is 192 Å². The zero-order valence-corrected chi connectivity index (χ0v) is 19.6. The molecule has 2 aromatic carbocycles. The molecular formula is C27H37ClO3. The third-order valence-corrected chi connectivity index (χ3v) is 5.94. The molecule has 0 heterocycles. The molecule has 0 spiro atoms. The molecule has 0 aromatic heterocycles. The van der Waals surface area contributed by atoms with E-state index in [2.05, 4.69) is 67.1 Å². The third kappa shape index (κ3) is 10.2. The molecule has 31 heavy (non-hydrogen) atoms. The molecule has 1 aliphatic carbocycles. The second-order valence-corrected chi connectivity index (χ2v) is 8.67. The lowest BCUT2D eigenvalue weighted by Crippen LogP contribution is -2.04. The minimum Gasteiger partial charge on any atom is -0.494 e. The molecule has 170 valence electrons. The molecule has 0 unspecified atom stereocenters. The summed E-state index contributed by atoms with van der Waals surface area (Å²) >= 11 is 4.19. The molecule has 1 fully saturated rings. The fourth-order valence-electron chi connectivity index (χ4n) is 4.20. The summed E-state index contributed by atoms with van der Waals surface area (Å²) in [6.45, 7) is 3.10. The molecule has 3 rings (SSSR count). The van der Waals surface area contributed by atoms with Gasteiger partial charge in [-0.15, -0.1) is 0 Å². The van der Waals surface area contributed by atoms with Gasteiger partial charge in [0.25, 0.3) is 0 Å². The Kier molecular flexibility index (Phi) is 12.2. The standard InChI is InChI=1S/C26H36O.CHClO2/c1-2-3-4-5-6-10-21-27-26-19-17-25(18-20-26)24-15-13-23(14-16-24)22-11-8-7-9-12-22;2-1(3)4/h13-20,22H,2-12,21H2,1H3;(H,3,4). The van der Waals surface area contributed by atoms with E-state index in [4.69, 9.17) is 14.6 Å². The topological polar surface area (TPSA) is 46.5 Å². The van der Waals surface area contributed by atoms with Crippen LogP contribution in [0.4, 0.5) is 4.79 Å². The number of hydrogen-bond donors (Lipinski definition) is 1. The van der Waals surface area contributed by atoms with Crippen molar-refractivity contribution in [2.75, 3.05) is 6.61 Å². The van der Waals surface area contributed by atoms with Crippen molar-refractivity contribution in [2.24, 2.45) is 0 Å². The minimum atomic E-state index is -1.36. The van der Waals surface area contributed by atoms with Crippen LogP contribution in [0.5, 0.6) is 5.75 Å². The maximum atomic E-state index is 8.77. The molecule has 3 nitrogen and oxygen atoms in total. The van der Waals surface area contributed by atoms with Crippen molar-refractivity contribution in [3.8, 4) is 16.9 Å². The zero-order chi connectivity index (χ0) is 22.3. The largest absolute Gasteiger partial charge is 0.494 e. The lowest BCUT2D eigenvalue weighted by Gasteiger charge is -2.22. The number of hydrogen-bond acceptors (Lipinski definition) is 2. The minimum absolute atomic E-state index is 0.783. The number of ether oxygens (including phenoxy) is 1. The molecule has 0 bridgehead atoms. The van der Waals surface area contributed by atoms with E-state index in [1.54, 1.807) is 0 Å². The van der Waals surface area contributed by atoms with Gasteiger partial charge in [-0.2, -0.15) is 0 Å². The van der Waals surface area contributed by atoms with Gasteiger partial charge in [0.1, 0.15) is 5.75 Å². The molecule has 0 amide bonds. The van der Waals surface area contributed by atoms with E-state index in [1.807, 2.05) is 0 Å². The van der Waals surface area contributed by atoms with Crippen LogP contribution in [0.15, 0.2) is 48.5 Å². The Hall–Kier alpha value is -2.00. The maximum absolute atomic E-state index is 8.77. The van der Waals surface area contributed by atoms with E-state index < -0.39 is 5.43 Å². The highest BCUT2D eigenvalue weighted by atomic mass is 35.5. The van der Waals surface area contributed by atoms with Gasteiger partial charge in [0.2, 0.25) is 0 Å². The smallest absolute Gasteiger partial charge is 0.401 e. The van der Waals surface area contributed by atoms with Crippen LogP contribution in [0.1, 0.15) is 89.0 Å². The van der Waals surface area contributed by atoms with Gasteiger partial charge in [0.05, 0.1) is 6.61 Å². The summed E-state index contributed by atoms with van der Waals surface area (Å²) in [5.74, 6) is 1.77. The predicted octanol–water partition coefficient (Wildman–Crippen LogP) is 9.04. The van der Waals surface area contributed by atoms with Gasteiger partial charge in [-0.3, -0.25) is 0 Å².